The van der Waals surface area contributed by atoms with E-state index in [0.29, 0.717) is 11.1 Å². The molecule has 0 saturated carbocycles. The lowest BCUT2D eigenvalue weighted by molar-refractivity contribution is 0.0592. The second kappa shape index (κ2) is 15.7. The van der Waals surface area contributed by atoms with Crippen LogP contribution in [0.15, 0.2) is 73.1 Å². The molecule has 2 amide bonds. The molecule has 4 aromatic heterocycles. The van der Waals surface area contributed by atoms with Crippen molar-refractivity contribution in [3.8, 4) is 0 Å². The highest BCUT2D eigenvalue weighted by Crippen LogP contribution is 2.09. The van der Waals surface area contributed by atoms with E-state index in [4.69, 9.17) is 5.11 Å². The van der Waals surface area contributed by atoms with Gasteiger partial charge < -0.3 is 30.3 Å². The van der Waals surface area contributed by atoms with Gasteiger partial charge in [-0.25, -0.2) is 29.1 Å². The maximum Gasteiger partial charge on any atom is 0.374 e. The van der Waals surface area contributed by atoms with Crippen LogP contribution in [-0.2, 0) is 22.6 Å². The number of esters is 2. The van der Waals surface area contributed by atoms with Gasteiger partial charge >= 0.3 is 23.9 Å². The maximum absolute atomic E-state index is 12.4. The Balaban J connectivity index is 0.000000201. The lowest BCUT2D eigenvalue weighted by atomic mass is 10.1. The topological polar surface area (TPSA) is 272 Å². The fourth-order valence-corrected chi connectivity index (χ4v) is 4.41. The Morgan fingerprint density at radius 3 is 1.48 bits per heavy atom. The minimum Gasteiger partial charge on any atom is -0.475 e. The van der Waals surface area contributed by atoms with Gasteiger partial charge in [-0.15, -0.1) is 0 Å². The van der Waals surface area contributed by atoms with Crippen molar-refractivity contribution in [3.63, 3.8) is 0 Å². The number of amides is 2. The number of fused-ring (bicyclic) bond motifs is 2. The summed E-state index contributed by atoms with van der Waals surface area (Å²) in [5.41, 5.74) is 2.64. The highest BCUT2D eigenvalue weighted by molar-refractivity contribution is 5.94. The first-order chi connectivity index (χ1) is 25.0. The Hall–Kier alpha value is -7.64. The molecule has 6 aromatic rings. The summed E-state index contributed by atoms with van der Waals surface area (Å²) in [6, 6.07) is 15.9. The molecule has 0 saturated heterocycles. The molecule has 4 heterocycles. The molecule has 4 N–H and O–H groups in total. The van der Waals surface area contributed by atoms with Crippen LogP contribution in [-0.4, -0.2) is 99.3 Å². The standard InChI is InChI=1S/2C16H13N5O5/c1-26-16(25)10-4-2-9(3-5-10)8-17-14(22)13-20-12(15(23)24)19-11-6-7-18-21(11)13;1-26-16(25)10-4-2-9(3-5-10)8-17-14(22)12-19-11-6-7-18-21(11)13(20-12)15(23)24/h2*2-7H,8H2,1H3,(H,17,22)(H,23,24). The Labute approximate surface area is 291 Å². The summed E-state index contributed by atoms with van der Waals surface area (Å²) in [5, 5.41) is 31.2. The summed E-state index contributed by atoms with van der Waals surface area (Å²) in [6.07, 6.45) is 2.75. The molecule has 0 aliphatic heterocycles. The zero-order valence-electron chi connectivity index (χ0n) is 27.1. The van der Waals surface area contributed by atoms with Crippen LogP contribution in [0.2, 0.25) is 0 Å². The van der Waals surface area contributed by atoms with Crippen LogP contribution in [0.1, 0.15) is 74.3 Å². The normalized spacial score (nSPS) is 10.5. The van der Waals surface area contributed by atoms with Gasteiger partial charge in [0.1, 0.15) is 0 Å². The van der Waals surface area contributed by atoms with E-state index in [9.17, 15) is 33.9 Å². The first kappa shape index (κ1) is 35.7. The second-order valence-electron chi connectivity index (χ2n) is 10.3. The molecule has 0 fully saturated rings. The summed E-state index contributed by atoms with van der Waals surface area (Å²) in [5.74, 6) is -6.19. The number of hydrogen-bond acceptors (Lipinski definition) is 14. The number of nitrogens with zero attached hydrogens (tertiary/aromatic N) is 8. The first-order valence-electron chi connectivity index (χ1n) is 14.8. The number of carboxylic acid groups (broad SMARTS) is 2. The third-order valence-corrected chi connectivity index (χ3v) is 6.96. The van der Waals surface area contributed by atoms with Crippen LogP contribution in [0.25, 0.3) is 11.3 Å². The molecule has 0 aliphatic carbocycles. The predicted molar refractivity (Wildman–Crippen MR) is 173 cm³/mol. The third-order valence-electron chi connectivity index (χ3n) is 6.96. The van der Waals surface area contributed by atoms with E-state index in [1.807, 2.05) is 0 Å². The van der Waals surface area contributed by atoms with E-state index in [1.54, 1.807) is 48.5 Å². The molecule has 2 aromatic carbocycles. The fourth-order valence-electron chi connectivity index (χ4n) is 4.41. The van der Waals surface area contributed by atoms with Crippen LogP contribution in [0.4, 0.5) is 0 Å². The van der Waals surface area contributed by atoms with Crippen molar-refractivity contribution in [2.75, 3.05) is 14.2 Å². The zero-order valence-corrected chi connectivity index (χ0v) is 27.1. The molecule has 20 nitrogen and oxygen atoms in total. The third kappa shape index (κ3) is 8.14. The average molecular weight is 711 g/mol. The number of carboxylic acids is 2. The molecular weight excluding hydrogens is 684 g/mol. The number of carbonyl (C=O) groups excluding carboxylic acids is 4. The average Bonchev–Trinajstić information content (AvgIpc) is 3.85. The summed E-state index contributed by atoms with van der Waals surface area (Å²) in [4.78, 5) is 85.1. The van der Waals surface area contributed by atoms with Crippen molar-refractivity contribution in [1.82, 2.24) is 49.8 Å². The largest absolute Gasteiger partial charge is 0.475 e. The predicted octanol–water partition coefficient (Wildman–Crippen LogP) is 1.08. The number of aromatic carboxylic acids is 2. The molecule has 52 heavy (non-hydrogen) atoms. The highest BCUT2D eigenvalue weighted by atomic mass is 16.5. The number of rotatable bonds is 10. The van der Waals surface area contributed by atoms with Gasteiger partial charge in [-0.05, 0) is 35.4 Å². The molecule has 264 valence electrons. The number of ether oxygens (including phenoxy) is 2. The maximum atomic E-state index is 12.4. The lowest BCUT2D eigenvalue weighted by Gasteiger charge is -2.07. The summed E-state index contributed by atoms with van der Waals surface area (Å²) >= 11 is 0. The van der Waals surface area contributed by atoms with E-state index in [2.05, 4.69) is 50.2 Å². The van der Waals surface area contributed by atoms with Crippen molar-refractivity contribution in [3.05, 3.63) is 119 Å². The minimum absolute atomic E-state index is 0.148. The smallest absolute Gasteiger partial charge is 0.374 e. The summed E-state index contributed by atoms with van der Waals surface area (Å²) in [7, 11) is 2.58. The number of aromatic nitrogens is 8. The molecule has 6 rings (SSSR count). The number of methoxy groups -OCH3 is 2. The van der Waals surface area contributed by atoms with E-state index in [1.165, 1.54) is 38.7 Å². The number of carbonyl (C=O) groups is 6. The Morgan fingerprint density at radius 1 is 0.577 bits per heavy atom. The number of hydrogen-bond donors (Lipinski definition) is 4. The Kier molecular flexibility index (Phi) is 10.8. The van der Waals surface area contributed by atoms with Crippen LogP contribution in [0.5, 0.6) is 0 Å². The van der Waals surface area contributed by atoms with Gasteiger partial charge in [-0.2, -0.15) is 29.2 Å². The number of nitrogens with one attached hydrogen (secondary N) is 2. The van der Waals surface area contributed by atoms with Gasteiger partial charge in [0.05, 0.1) is 37.7 Å². The SMILES string of the molecule is COC(=O)c1ccc(CNC(=O)c2nc(C(=O)O)n3nccc3n2)cc1.COC(=O)c1ccc(CNC(=O)c2nc(C(=O)O)nc3ccnn23)cc1. The van der Waals surface area contributed by atoms with Gasteiger partial charge in [0.2, 0.25) is 23.3 Å². The highest BCUT2D eigenvalue weighted by Gasteiger charge is 2.20. The van der Waals surface area contributed by atoms with Gasteiger partial charge in [0.25, 0.3) is 11.8 Å². The molecule has 20 heteroatoms. The van der Waals surface area contributed by atoms with Crippen molar-refractivity contribution in [1.29, 1.82) is 0 Å². The van der Waals surface area contributed by atoms with Gasteiger partial charge in [0.15, 0.2) is 11.3 Å². The molecule has 0 spiro atoms. The van der Waals surface area contributed by atoms with Crippen molar-refractivity contribution in [2.24, 2.45) is 0 Å². The van der Waals surface area contributed by atoms with E-state index in [-0.39, 0.29) is 36.0 Å². The fraction of sp³-hybridized carbons (Fsp3) is 0.125. The molecule has 0 unspecified atom stereocenters. The van der Waals surface area contributed by atoms with Crippen molar-refractivity contribution >= 4 is 47.0 Å². The monoisotopic (exact) mass is 710 g/mol. The Bertz CT molecular complexity index is 2320. The first-order valence-corrected chi connectivity index (χ1v) is 14.8. The van der Waals surface area contributed by atoms with Crippen LogP contribution >= 0.6 is 0 Å². The minimum atomic E-state index is -1.35. The van der Waals surface area contributed by atoms with Gasteiger partial charge in [-0.1, -0.05) is 24.3 Å². The van der Waals surface area contributed by atoms with E-state index in [0.717, 1.165) is 20.2 Å². The van der Waals surface area contributed by atoms with E-state index >= 15 is 0 Å². The molecule has 0 bridgehead atoms. The van der Waals surface area contributed by atoms with Crippen molar-refractivity contribution < 1.29 is 48.5 Å². The van der Waals surface area contributed by atoms with Gasteiger partial charge in [-0.3, -0.25) is 9.59 Å². The molecular formula is C32H26N10O10. The number of benzene rings is 2. The summed E-state index contributed by atoms with van der Waals surface area (Å²) in [6.45, 7) is 0.298. The van der Waals surface area contributed by atoms with Crippen molar-refractivity contribution in [2.45, 2.75) is 13.1 Å². The second-order valence-corrected chi connectivity index (χ2v) is 10.3. The van der Waals surface area contributed by atoms with Crippen LogP contribution in [0.3, 0.4) is 0 Å². The van der Waals surface area contributed by atoms with E-state index < -0.39 is 47.3 Å². The molecule has 0 aliphatic rings. The zero-order chi connectivity index (χ0) is 37.4. The molecule has 0 radical (unpaired) electrons. The van der Waals surface area contributed by atoms with Crippen LogP contribution < -0.4 is 10.6 Å². The Morgan fingerprint density at radius 2 is 1.02 bits per heavy atom. The summed E-state index contributed by atoms with van der Waals surface area (Å²) < 4.78 is 11.4. The quantitative estimate of drug-likeness (QED) is 0.145. The molecule has 0 atom stereocenters. The van der Waals surface area contributed by atoms with Crippen LogP contribution in [0, 0.1) is 0 Å². The van der Waals surface area contributed by atoms with Gasteiger partial charge in [0, 0.05) is 25.2 Å². The lowest BCUT2D eigenvalue weighted by Crippen LogP contribution is -2.28.